The molecule has 2 rings (SSSR count). The van der Waals surface area contributed by atoms with E-state index in [1.807, 2.05) is 0 Å². The first kappa shape index (κ1) is 18.9. The van der Waals surface area contributed by atoms with E-state index < -0.39 is 28.4 Å². The van der Waals surface area contributed by atoms with Gasteiger partial charge in [-0.25, -0.2) is 12.8 Å². The van der Waals surface area contributed by atoms with Gasteiger partial charge in [-0.1, -0.05) is 39.7 Å². The molecular weight excluding hydrogens is 425 g/mol. The maximum absolute atomic E-state index is 12.9. The molecular formula is C15H12BrClFNO4S. The summed E-state index contributed by atoms with van der Waals surface area (Å²) >= 11 is 8.98. The molecule has 0 aliphatic carbocycles. The van der Waals surface area contributed by atoms with E-state index >= 15 is 0 Å². The Morgan fingerprint density at radius 3 is 2.67 bits per heavy atom. The van der Waals surface area contributed by atoms with Crippen molar-refractivity contribution < 1.29 is 22.3 Å². The second-order valence-corrected chi connectivity index (χ2v) is 7.77. The molecule has 0 amide bonds. The molecule has 0 radical (unpaired) electrons. The molecule has 0 atom stereocenters. The number of nitrogens with one attached hydrogen (secondary N) is 1. The highest BCUT2D eigenvalue weighted by atomic mass is 79.9. The summed E-state index contributed by atoms with van der Waals surface area (Å²) in [5, 5.41) is 0.123. The summed E-state index contributed by atoms with van der Waals surface area (Å²) in [7, 11) is -3.83. The maximum Gasteiger partial charge on any atom is 0.321 e. The van der Waals surface area contributed by atoms with Crippen LogP contribution in [0, 0.1) is 5.82 Å². The highest BCUT2D eigenvalue weighted by molar-refractivity contribution is 9.10. The largest absolute Gasteiger partial charge is 0.460 e. The number of esters is 1. The lowest BCUT2D eigenvalue weighted by molar-refractivity contribution is -0.143. The number of sulfonamides is 1. The first-order valence-electron chi connectivity index (χ1n) is 6.63. The fraction of sp³-hybridized carbons (Fsp3) is 0.133. The third kappa shape index (κ3) is 5.27. The fourth-order valence-corrected chi connectivity index (χ4v) is 3.51. The van der Waals surface area contributed by atoms with Crippen molar-refractivity contribution in [3.8, 4) is 0 Å². The average Bonchev–Trinajstić information content (AvgIpc) is 2.52. The predicted molar refractivity (Wildman–Crippen MR) is 90.5 cm³/mol. The minimum absolute atomic E-state index is 0.0197. The summed E-state index contributed by atoms with van der Waals surface area (Å²) in [4.78, 5) is 11.7. The van der Waals surface area contributed by atoms with Gasteiger partial charge in [-0.2, -0.15) is 4.72 Å². The highest BCUT2D eigenvalue weighted by Crippen LogP contribution is 2.18. The standard InChI is InChI=1S/C15H12BrClFNO4S/c16-11-2-1-3-13(6-11)24(21,22)19-8-15(20)23-9-10-4-5-12(18)7-14(10)17/h1-7,19H,8-9H2. The molecule has 0 spiro atoms. The van der Waals surface area contributed by atoms with Crippen LogP contribution < -0.4 is 4.72 Å². The van der Waals surface area contributed by atoms with Gasteiger partial charge >= 0.3 is 5.97 Å². The number of carbonyl (C=O) groups excluding carboxylic acids is 1. The Hall–Kier alpha value is -1.48. The second kappa shape index (κ2) is 8.06. The molecule has 0 heterocycles. The van der Waals surface area contributed by atoms with E-state index in [9.17, 15) is 17.6 Å². The van der Waals surface area contributed by atoms with Gasteiger partial charge in [0.05, 0.1) is 9.92 Å². The van der Waals surface area contributed by atoms with Gasteiger partial charge in [-0.15, -0.1) is 0 Å². The van der Waals surface area contributed by atoms with Crippen molar-refractivity contribution in [1.29, 1.82) is 0 Å². The number of ether oxygens (including phenoxy) is 1. The van der Waals surface area contributed by atoms with Crippen LogP contribution in [-0.4, -0.2) is 20.9 Å². The topological polar surface area (TPSA) is 72.5 Å². The lowest BCUT2D eigenvalue weighted by Crippen LogP contribution is -2.30. The summed E-state index contributed by atoms with van der Waals surface area (Å²) in [6.07, 6.45) is 0. The van der Waals surface area contributed by atoms with Gasteiger partial charge in [0.1, 0.15) is 19.0 Å². The lowest BCUT2D eigenvalue weighted by Gasteiger charge is -2.09. The monoisotopic (exact) mass is 435 g/mol. The zero-order valence-electron chi connectivity index (χ0n) is 12.1. The minimum atomic E-state index is -3.83. The SMILES string of the molecule is O=C(CNS(=O)(=O)c1cccc(Br)c1)OCc1ccc(F)cc1Cl. The average molecular weight is 437 g/mol. The fourth-order valence-electron chi connectivity index (χ4n) is 1.72. The van der Waals surface area contributed by atoms with Crippen LogP contribution in [0.2, 0.25) is 5.02 Å². The van der Waals surface area contributed by atoms with E-state index in [2.05, 4.69) is 20.7 Å². The third-order valence-electron chi connectivity index (χ3n) is 2.92. The molecule has 2 aromatic carbocycles. The molecule has 0 unspecified atom stereocenters. The summed E-state index contributed by atoms with van der Waals surface area (Å²) in [5.74, 6) is -1.29. The van der Waals surface area contributed by atoms with E-state index in [0.29, 0.717) is 10.0 Å². The third-order valence-corrected chi connectivity index (χ3v) is 5.16. The highest BCUT2D eigenvalue weighted by Gasteiger charge is 2.16. The molecule has 1 N–H and O–H groups in total. The summed E-state index contributed by atoms with van der Waals surface area (Å²) in [6.45, 7) is -0.718. The summed E-state index contributed by atoms with van der Waals surface area (Å²) in [5.41, 5.74) is 0.418. The van der Waals surface area contributed by atoms with Crippen LogP contribution in [0.3, 0.4) is 0 Å². The number of benzene rings is 2. The number of rotatable bonds is 6. The van der Waals surface area contributed by atoms with Crippen molar-refractivity contribution in [1.82, 2.24) is 4.72 Å². The Morgan fingerprint density at radius 1 is 1.25 bits per heavy atom. The summed E-state index contributed by atoms with van der Waals surface area (Å²) in [6, 6.07) is 9.72. The van der Waals surface area contributed by atoms with E-state index in [-0.39, 0.29) is 16.5 Å². The number of hydrogen-bond acceptors (Lipinski definition) is 4. The van der Waals surface area contributed by atoms with Gasteiger partial charge < -0.3 is 4.74 Å². The van der Waals surface area contributed by atoms with Crippen LogP contribution in [0.15, 0.2) is 51.8 Å². The molecule has 0 aromatic heterocycles. The van der Waals surface area contributed by atoms with Crippen molar-refractivity contribution in [3.05, 3.63) is 63.3 Å². The van der Waals surface area contributed by atoms with Crippen LogP contribution in [0.5, 0.6) is 0 Å². The van der Waals surface area contributed by atoms with Crippen molar-refractivity contribution >= 4 is 43.5 Å². The molecule has 0 fully saturated rings. The molecule has 0 aliphatic heterocycles. The Balaban J connectivity index is 1.91. The van der Waals surface area contributed by atoms with Crippen LogP contribution in [0.25, 0.3) is 0 Å². The summed E-state index contributed by atoms with van der Waals surface area (Å²) < 4.78 is 44.7. The number of hydrogen-bond donors (Lipinski definition) is 1. The van der Waals surface area contributed by atoms with Gasteiger partial charge in [0.25, 0.3) is 0 Å². The molecule has 0 saturated carbocycles. The van der Waals surface area contributed by atoms with Gasteiger partial charge in [0.15, 0.2) is 0 Å². The molecule has 24 heavy (non-hydrogen) atoms. The molecule has 128 valence electrons. The smallest absolute Gasteiger partial charge is 0.321 e. The Kier molecular flexibility index (Phi) is 6.34. The van der Waals surface area contributed by atoms with Crippen LogP contribution in [0.4, 0.5) is 4.39 Å². The van der Waals surface area contributed by atoms with E-state index in [1.165, 1.54) is 24.3 Å². The molecule has 9 heteroatoms. The zero-order chi connectivity index (χ0) is 17.7. The van der Waals surface area contributed by atoms with Crippen molar-refractivity contribution in [2.45, 2.75) is 11.5 Å². The first-order chi connectivity index (χ1) is 11.3. The molecule has 5 nitrogen and oxygen atoms in total. The normalized spacial score (nSPS) is 11.3. The van der Waals surface area contributed by atoms with Crippen molar-refractivity contribution in [2.75, 3.05) is 6.54 Å². The molecule has 2 aromatic rings. The van der Waals surface area contributed by atoms with Gasteiger partial charge in [0.2, 0.25) is 10.0 Å². The lowest BCUT2D eigenvalue weighted by atomic mass is 10.2. The Morgan fingerprint density at radius 2 is 2.00 bits per heavy atom. The Labute approximate surface area is 152 Å². The van der Waals surface area contributed by atoms with Crippen LogP contribution >= 0.6 is 27.5 Å². The van der Waals surface area contributed by atoms with Crippen LogP contribution in [0.1, 0.15) is 5.56 Å². The van der Waals surface area contributed by atoms with E-state index in [0.717, 1.165) is 6.07 Å². The van der Waals surface area contributed by atoms with E-state index in [1.54, 1.807) is 12.1 Å². The first-order valence-corrected chi connectivity index (χ1v) is 9.28. The van der Waals surface area contributed by atoms with Crippen molar-refractivity contribution in [2.24, 2.45) is 0 Å². The zero-order valence-corrected chi connectivity index (χ0v) is 15.3. The van der Waals surface area contributed by atoms with Gasteiger partial charge in [-0.05, 0) is 30.3 Å². The quantitative estimate of drug-likeness (QED) is 0.706. The molecule has 0 bridgehead atoms. The Bertz CT molecular complexity index is 860. The predicted octanol–water partition coefficient (Wildman–Crippen LogP) is 3.26. The number of halogens is 3. The van der Waals surface area contributed by atoms with Crippen LogP contribution in [-0.2, 0) is 26.2 Å². The minimum Gasteiger partial charge on any atom is -0.460 e. The second-order valence-electron chi connectivity index (χ2n) is 4.68. The molecule has 0 saturated heterocycles. The maximum atomic E-state index is 12.9. The van der Waals surface area contributed by atoms with Crippen molar-refractivity contribution in [3.63, 3.8) is 0 Å². The number of carbonyl (C=O) groups is 1. The van der Waals surface area contributed by atoms with E-state index in [4.69, 9.17) is 16.3 Å². The molecule has 0 aliphatic rings. The van der Waals surface area contributed by atoms with Gasteiger partial charge in [0, 0.05) is 10.0 Å². The van der Waals surface area contributed by atoms with Gasteiger partial charge in [-0.3, -0.25) is 4.79 Å².